The number of carboxylic acid groups (broad SMARTS) is 1. The van der Waals surface area contributed by atoms with Crippen LogP contribution in [0, 0.1) is 0 Å². The average molecular weight is 348 g/mol. The van der Waals surface area contributed by atoms with Gasteiger partial charge in [-0.1, -0.05) is 29.3 Å². The van der Waals surface area contributed by atoms with Crippen LogP contribution in [-0.2, 0) is 9.53 Å². The second-order valence-corrected chi connectivity index (χ2v) is 6.62. The Labute approximate surface area is 139 Å². The van der Waals surface area contributed by atoms with E-state index < -0.39 is 23.7 Å². The Kier molecular flexibility index (Phi) is 6.50. The normalized spacial score (nSPS) is 12.6. The molecule has 1 aromatic rings. The van der Waals surface area contributed by atoms with Gasteiger partial charge in [0.25, 0.3) is 0 Å². The van der Waals surface area contributed by atoms with Crippen LogP contribution >= 0.6 is 23.2 Å². The highest BCUT2D eigenvalue weighted by atomic mass is 35.5. The molecule has 5 nitrogen and oxygen atoms in total. The zero-order chi connectivity index (χ0) is 16.9. The van der Waals surface area contributed by atoms with E-state index in [1.54, 1.807) is 39.0 Å². The fraction of sp³-hybridized carbons (Fsp3) is 0.467. The Morgan fingerprint density at radius 2 is 1.91 bits per heavy atom. The van der Waals surface area contributed by atoms with Crippen LogP contribution in [-0.4, -0.2) is 22.8 Å². The van der Waals surface area contributed by atoms with Crippen molar-refractivity contribution >= 4 is 35.3 Å². The molecule has 2 N–H and O–H groups in total. The predicted molar refractivity (Wildman–Crippen MR) is 85.4 cm³/mol. The van der Waals surface area contributed by atoms with Crippen LogP contribution < -0.4 is 5.32 Å². The topological polar surface area (TPSA) is 75.6 Å². The third-order valence-corrected chi connectivity index (χ3v) is 3.42. The van der Waals surface area contributed by atoms with Crippen molar-refractivity contribution in [1.29, 1.82) is 0 Å². The lowest BCUT2D eigenvalue weighted by molar-refractivity contribution is -0.137. The number of carbonyl (C=O) groups excluding carboxylic acids is 1. The van der Waals surface area contributed by atoms with E-state index in [2.05, 4.69) is 5.32 Å². The molecular formula is C15H19Cl2NO4. The molecule has 0 aromatic heterocycles. The van der Waals surface area contributed by atoms with E-state index in [4.69, 9.17) is 33.0 Å². The largest absolute Gasteiger partial charge is 0.481 e. The number of hydrogen-bond donors (Lipinski definition) is 2. The third-order valence-electron chi connectivity index (χ3n) is 2.68. The van der Waals surface area contributed by atoms with Gasteiger partial charge in [0.15, 0.2) is 0 Å². The summed E-state index contributed by atoms with van der Waals surface area (Å²) in [7, 11) is 0. The first-order valence-electron chi connectivity index (χ1n) is 6.75. The highest BCUT2D eigenvalue weighted by molar-refractivity contribution is 6.42. The summed E-state index contributed by atoms with van der Waals surface area (Å²) in [5.41, 5.74) is 0.0283. The second kappa shape index (κ2) is 7.70. The minimum Gasteiger partial charge on any atom is -0.481 e. The lowest BCUT2D eigenvalue weighted by atomic mass is 10.0. The maximum Gasteiger partial charge on any atom is 0.408 e. The number of carbonyl (C=O) groups is 2. The Balaban J connectivity index is 2.89. The lowest BCUT2D eigenvalue weighted by Crippen LogP contribution is -2.35. The molecule has 0 heterocycles. The van der Waals surface area contributed by atoms with E-state index in [0.717, 1.165) is 0 Å². The highest BCUT2D eigenvalue weighted by Gasteiger charge is 2.21. The van der Waals surface area contributed by atoms with Crippen molar-refractivity contribution in [2.75, 3.05) is 0 Å². The number of carboxylic acids is 1. The predicted octanol–water partition coefficient (Wildman–Crippen LogP) is 4.42. The van der Waals surface area contributed by atoms with Crippen molar-refractivity contribution in [3.8, 4) is 0 Å². The van der Waals surface area contributed by atoms with Crippen LogP contribution in [0.2, 0.25) is 10.0 Å². The van der Waals surface area contributed by atoms with Crippen LogP contribution in [0.4, 0.5) is 4.79 Å². The molecule has 0 bridgehead atoms. The molecule has 0 aliphatic rings. The Morgan fingerprint density at radius 3 is 2.41 bits per heavy atom. The van der Waals surface area contributed by atoms with Crippen molar-refractivity contribution in [3.05, 3.63) is 33.8 Å². The molecule has 0 radical (unpaired) electrons. The van der Waals surface area contributed by atoms with Gasteiger partial charge >= 0.3 is 12.1 Å². The fourth-order valence-corrected chi connectivity index (χ4v) is 2.08. The molecule has 1 atom stereocenters. The van der Waals surface area contributed by atoms with Gasteiger partial charge in [0, 0.05) is 6.42 Å². The minimum atomic E-state index is -0.948. The summed E-state index contributed by atoms with van der Waals surface area (Å²) in [6.45, 7) is 5.24. The first-order valence-corrected chi connectivity index (χ1v) is 7.50. The van der Waals surface area contributed by atoms with Gasteiger partial charge in [0.1, 0.15) is 5.60 Å². The van der Waals surface area contributed by atoms with Crippen LogP contribution in [0.3, 0.4) is 0 Å². The third kappa shape index (κ3) is 6.54. The molecule has 1 rings (SSSR count). The molecule has 1 amide bonds. The van der Waals surface area contributed by atoms with E-state index in [1.165, 1.54) is 0 Å². The lowest BCUT2D eigenvalue weighted by Gasteiger charge is -2.24. The fourth-order valence-electron chi connectivity index (χ4n) is 1.77. The van der Waals surface area contributed by atoms with E-state index >= 15 is 0 Å². The van der Waals surface area contributed by atoms with Gasteiger partial charge in [-0.25, -0.2) is 4.79 Å². The highest BCUT2D eigenvalue weighted by Crippen LogP contribution is 2.27. The van der Waals surface area contributed by atoms with Crippen molar-refractivity contribution < 1.29 is 19.4 Å². The van der Waals surface area contributed by atoms with Gasteiger partial charge in [-0.15, -0.1) is 0 Å². The smallest absolute Gasteiger partial charge is 0.408 e. The molecule has 0 fully saturated rings. The maximum atomic E-state index is 11.9. The number of aliphatic carboxylic acids is 1. The average Bonchev–Trinajstić information content (AvgIpc) is 2.35. The summed E-state index contributed by atoms with van der Waals surface area (Å²) in [5.74, 6) is -0.948. The monoisotopic (exact) mass is 347 g/mol. The molecule has 0 saturated heterocycles. The Hall–Kier alpha value is -1.46. The summed E-state index contributed by atoms with van der Waals surface area (Å²) in [6, 6.07) is 4.37. The number of amides is 1. The van der Waals surface area contributed by atoms with Gasteiger partial charge < -0.3 is 15.2 Å². The zero-order valence-corrected chi connectivity index (χ0v) is 14.2. The molecule has 22 heavy (non-hydrogen) atoms. The molecule has 7 heteroatoms. The molecule has 1 unspecified atom stereocenters. The summed E-state index contributed by atoms with van der Waals surface area (Å²) in [4.78, 5) is 22.7. The second-order valence-electron chi connectivity index (χ2n) is 5.80. The SMILES string of the molecule is CC(C)(C)OC(=O)NC(CCC(=O)O)c1ccc(Cl)c(Cl)c1. The number of halogens is 2. The standard InChI is InChI=1S/C15H19Cl2NO4/c1-15(2,3)22-14(21)18-12(6-7-13(19)20)9-4-5-10(16)11(17)8-9/h4-5,8,12H,6-7H2,1-3H3,(H,18,21)(H,19,20). The van der Waals surface area contributed by atoms with Crippen LogP contribution in [0.5, 0.6) is 0 Å². The molecule has 0 aliphatic carbocycles. The molecule has 122 valence electrons. The van der Waals surface area contributed by atoms with Crippen molar-refractivity contribution in [3.63, 3.8) is 0 Å². The first kappa shape index (κ1) is 18.6. The van der Waals surface area contributed by atoms with E-state index in [9.17, 15) is 9.59 Å². The van der Waals surface area contributed by atoms with Crippen molar-refractivity contribution in [2.45, 2.75) is 45.3 Å². The summed E-state index contributed by atoms with van der Waals surface area (Å²) >= 11 is 11.8. The number of alkyl carbamates (subject to hydrolysis) is 1. The number of hydrogen-bond acceptors (Lipinski definition) is 3. The molecule has 0 spiro atoms. The van der Waals surface area contributed by atoms with E-state index in [0.29, 0.717) is 15.6 Å². The summed E-state index contributed by atoms with van der Waals surface area (Å²) < 4.78 is 5.19. The number of nitrogens with one attached hydrogen (secondary N) is 1. The molecular weight excluding hydrogens is 329 g/mol. The Morgan fingerprint density at radius 1 is 1.27 bits per heavy atom. The molecule has 1 aromatic carbocycles. The van der Waals surface area contributed by atoms with Crippen molar-refractivity contribution in [1.82, 2.24) is 5.32 Å². The molecule has 0 aliphatic heterocycles. The number of rotatable bonds is 5. The summed E-state index contributed by atoms with van der Waals surface area (Å²) in [5, 5.41) is 12.2. The van der Waals surface area contributed by atoms with Gasteiger partial charge in [-0.3, -0.25) is 4.79 Å². The zero-order valence-electron chi connectivity index (χ0n) is 12.7. The molecule has 0 saturated carbocycles. The van der Waals surface area contributed by atoms with Crippen LogP contribution in [0.15, 0.2) is 18.2 Å². The number of benzene rings is 1. The quantitative estimate of drug-likeness (QED) is 0.826. The van der Waals surface area contributed by atoms with Gasteiger partial charge in [0.05, 0.1) is 16.1 Å². The first-order chi connectivity index (χ1) is 10.1. The van der Waals surface area contributed by atoms with Gasteiger partial charge in [-0.05, 0) is 44.9 Å². The Bertz CT molecular complexity index is 555. The van der Waals surface area contributed by atoms with Gasteiger partial charge in [-0.2, -0.15) is 0 Å². The maximum absolute atomic E-state index is 11.9. The van der Waals surface area contributed by atoms with E-state index in [-0.39, 0.29) is 12.8 Å². The van der Waals surface area contributed by atoms with Gasteiger partial charge in [0.2, 0.25) is 0 Å². The van der Waals surface area contributed by atoms with Crippen LogP contribution in [0.25, 0.3) is 0 Å². The summed E-state index contributed by atoms with van der Waals surface area (Å²) in [6.07, 6.45) is -0.498. The van der Waals surface area contributed by atoms with E-state index in [1.807, 2.05) is 0 Å². The number of ether oxygens (including phenoxy) is 1. The van der Waals surface area contributed by atoms with Crippen molar-refractivity contribution in [2.24, 2.45) is 0 Å². The van der Waals surface area contributed by atoms with Crippen LogP contribution in [0.1, 0.15) is 45.2 Å². The minimum absolute atomic E-state index is 0.0965.